The zero-order valence-electron chi connectivity index (χ0n) is 51.2. The van der Waals surface area contributed by atoms with Crippen LogP contribution < -0.4 is 4.74 Å². The normalized spacial score (nSPS) is 19.9. The van der Waals surface area contributed by atoms with Gasteiger partial charge in [0.1, 0.15) is 23.2 Å². The minimum Gasteiger partial charge on any atom is -0.743 e. The van der Waals surface area contributed by atoms with Crippen LogP contribution in [0.2, 0.25) is 0 Å². The van der Waals surface area contributed by atoms with E-state index in [1.54, 1.807) is 19.1 Å². The molecule has 4 aromatic rings. The molecule has 1 aliphatic carbocycles. The van der Waals surface area contributed by atoms with E-state index in [4.69, 9.17) is 28.8 Å². The van der Waals surface area contributed by atoms with Crippen LogP contribution in [0, 0.1) is 27.6 Å². The maximum absolute atomic E-state index is 13.0. The van der Waals surface area contributed by atoms with Crippen molar-refractivity contribution < 1.29 is 79.3 Å². The second-order valence-corrected chi connectivity index (χ2v) is 27.5. The number of phenolic OH excluding ortho intramolecular Hbond substituents is 1. The van der Waals surface area contributed by atoms with Gasteiger partial charge in [0.05, 0.1) is 44.6 Å². The summed E-state index contributed by atoms with van der Waals surface area (Å²) in [5.74, 6) is -1.23. The molecule has 15 nitrogen and oxygen atoms in total. The Bertz CT molecular complexity index is 2780. The molecule has 0 spiro atoms. The molecule has 1 saturated carbocycles. The Labute approximate surface area is 499 Å². The summed E-state index contributed by atoms with van der Waals surface area (Å²) in [4.78, 5) is 62.8. The number of carbonyl (C=O) groups excluding carboxylic acids is 5. The van der Waals surface area contributed by atoms with Crippen LogP contribution in [0.4, 0.5) is 8.78 Å². The third-order valence-electron chi connectivity index (χ3n) is 16.3. The lowest BCUT2D eigenvalue weighted by molar-refractivity contribution is -0.171. The second-order valence-electron chi connectivity index (χ2n) is 24.0. The molecule has 4 aliphatic rings. The van der Waals surface area contributed by atoms with Gasteiger partial charge >= 0.3 is 35.1 Å². The van der Waals surface area contributed by atoms with Gasteiger partial charge in [-0.05, 0) is 187 Å². The van der Waals surface area contributed by atoms with E-state index in [2.05, 4.69) is 103 Å². The number of hydrogen-bond donors (Lipinski definition) is 1. The molecule has 84 heavy (non-hydrogen) atoms. The molecule has 3 saturated heterocycles. The van der Waals surface area contributed by atoms with Crippen molar-refractivity contribution in [3.8, 4) is 11.5 Å². The van der Waals surface area contributed by atoms with Crippen molar-refractivity contribution in [2.24, 2.45) is 27.6 Å². The van der Waals surface area contributed by atoms with E-state index in [0.29, 0.717) is 31.9 Å². The molecule has 3 aliphatic heterocycles. The van der Waals surface area contributed by atoms with Crippen LogP contribution in [0.1, 0.15) is 161 Å². The van der Waals surface area contributed by atoms with Crippen molar-refractivity contribution in [3.63, 3.8) is 0 Å². The standard InChI is InChI=1S/C18H15S.C13H18O5.C13H24O2.C12H16O3.C9H16F2O5S/c1-4-10-16(11-5-1)19(17-12-6-2-7-13-17)18-14-8-3-9-15-18;1-4-13(2,3)12(15)18-9-7-5-6-8(16-7)10(9)17-11(6)14;1-5-12(3,4)11(14)15-13(6-2)9-7-8-10-13;1-4-12(2,3)11(14)15-10-7-5-9(13)6-8-10;1-5-8(3,4)7(12)16-6(2)9(10,11)17(13,14)15/h1-15H;6-10H,4-5H2,1-3H3;5-10H2,1-4H3;5-8,13H,4H2,1-3H3;6H,5H2,1-4H3,(H,13,14,15)/q+1;;;;/p-1. The highest BCUT2D eigenvalue weighted by Crippen LogP contribution is 2.48. The largest absolute Gasteiger partial charge is 0.743 e. The number of benzene rings is 4. The van der Waals surface area contributed by atoms with Crippen LogP contribution in [0.5, 0.6) is 11.5 Å². The van der Waals surface area contributed by atoms with Gasteiger partial charge < -0.3 is 38.1 Å². The molecule has 0 aromatic heterocycles. The molecule has 464 valence electrons. The van der Waals surface area contributed by atoms with Crippen molar-refractivity contribution in [1.29, 1.82) is 0 Å². The van der Waals surface area contributed by atoms with Crippen LogP contribution in [0.15, 0.2) is 130 Å². The summed E-state index contributed by atoms with van der Waals surface area (Å²) in [7, 11) is -5.87. The third-order valence-corrected chi connectivity index (χ3v) is 19.5. The smallest absolute Gasteiger partial charge is 0.369 e. The first kappa shape index (κ1) is 70.6. The first-order valence-corrected chi connectivity index (χ1v) is 31.5. The minimum atomic E-state index is -5.86. The minimum absolute atomic E-state index is 0.0146. The predicted molar refractivity (Wildman–Crippen MR) is 316 cm³/mol. The van der Waals surface area contributed by atoms with Crippen LogP contribution in [0.3, 0.4) is 0 Å². The summed E-state index contributed by atoms with van der Waals surface area (Å²) in [6, 6.07) is 38.3. The molecule has 2 bridgehead atoms. The van der Waals surface area contributed by atoms with E-state index in [-0.39, 0.29) is 69.7 Å². The van der Waals surface area contributed by atoms with Crippen molar-refractivity contribution in [2.75, 3.05) is 0 Å². The lowest BCUT2D eigenvalue weighted by atomic mass is 9.87. The maximum atomic E-state index is 13.0. The highest BCUT2D eigenvalue weighted by molar-refractivity contribution is 7.97. The molecular weight excluding hydrogens is 1120 g/mol. The molecule has 6 unspecified atom stereocenters. The summed E-state index contributed by atoms with van der Waals surface area (Å²) in [6.07, 6.45) is 5.18. The van der Waals surface area contributed by atoms with Crippen LogP contribution in [-0.4, -0.2) is 89.3 Å². The monoisotopic (exact) mass is 1210 g/mol. The summed E-state index contributed by atoms with van der Waals surface area (Å²) >= 11 is 0. The van der Waals surface area contributed by atoms with Gasteiger partial charge in [-0.2, -0.15) is 8.78 Å². The summed E-state index contributed by atoms with van der Waals surface area (Å²) in [6.45, 7) is 24.6. The number of aromatic hydroxyl groups is 1. The lowest BCUT2D eigenvalue weighted by Gasteiger charge is -2.32. The quantitative estimate of drug-likeness (QED) is 0.0322. The zero-order chi connectivity index (χ0) is 63.1. The Hall–Kier alpha value is -5.89. The van der Waals surface area contributed by atoms with E-state index in [1.165, 1.54) is 53.5 Å². The van der Waals surface area contributed by atoms with Gasteiger partial charge in [-0.3, -0.25) is 24.0 Å². The van der Waals surface area contributed by atoms with Gasteiger partial charge in [0.15, 0.2) is 43.1 Å². The van der Waals surface area contributed by atoms with Crippen molar-refractivity contribution >= 4 is 50.9 Å². The van der Waals surface area contributed by atoms with E-state index in [0.717, 1.165) is 32.1 Å². The molecule has 3 heterocycles. The van der Waals surface area contributed by atoms with Crippen molar-refractivity contribution in [1.82, 2.24) is 0 Å². The van der Waals surface area contributed by atoms with E-state index in [1.807, 2.05) is 62.3 Å². The van der Waals surface area contributed by atoms with Crippen LogP contribution >= 0.6 is 0 Å². The van der Waals surface area contributed by atoms with Gasteiger partial charge in [0, 0.05) is 0 Å². The number of carbonyl (C=O) groups is 5. The highest BCUT2D eigenvalue weighted by atomic mass is 32.2. The number of alkyl halides is 2. The summed E-state index contributed by atoms with van der Waals surface area (Å²) in [5.41, 5.74) is -2.47. The Balaban J connectivity index is 0.000000226. The zero-order valence-corrected chi connectivity index (χ0v) is 52.9. The second kappa shape index (κ2) is 30.0. The van der Waals surface area contributed by atoms with E-state index < -0.39 is 55.9 Å². The Kier molecular flexibility index (Phi) is 25.2. The molecule has 8 rings (SSSR count). The number of phenols is 1. The molecular formula is C65H88F2O15S2. The van der Waals surface area contributed by atoms with Crippen LogP contribution in [-0.2, 0) is 68.7 Å². The SMILES string of the molecule is CCC(C)(C)C(=O)OC(C)C(F)(F)S(=O)(=O)[O-].CCC(C)(C)C(=O)OC1C2CC3C(=O)OC1C3O2.CCC(C)(C)C(=O)Oc1ccc(O)cc1.CCC1(OC(=O)C(C)(C)CC)CCCC1.c1ccc([S+](c2ccccc2)c2ccccc2)cc1. The number of rotatable bonds is 18. The number of halogens is 2. The number of hydrogen-bond acceptors (Lipinski definition) is 15. The molecule has 6 atom stereocenters. The molecule has 1 N–H and O–H groups in total. The number of ether oxygens (including phenoxy) is 6. The molecule has 0 radical (unpaired) electrons. The fourth-order valence-electron chi connectivity index (χ4n) is 8.55. The first-order valence-electron chi connectivity index (χ1n) is 28.9. The number of esters is 5. The summed E-state index contributed by atoms with van der Waals surface area (Å²) in [5, 5.41) is 4.42. The average Bonchev–Trinajstić information content (AvgIpc) is 4.40. The molecule has 4 fully saturated rings. The molecule has 19 heteroatoms. The van der Waals surface area contributed by atoms with E-state index >= 15 is 0 Å². The molecule has 4 aromatic carbocycles. The summed E-state index contributed by atoms with van der Waals surface area (Å²) < 4.78 is 88.6. The highest BCUT2D eigenvalue weighted by Gasteiger charge is 2.65. The third kappa shape index (κ3) is 18.6. The number of fused-ring (bicyclic) bond motifs is 1. The van der Waals surface area contributed by atoms with Gasteiger partial charge in [-0.15, -0.1) is 0 Å². The van der Waals surface area contributed by atoms with Crippen LogP contribution in [0.25, 0.3) is 0 Å². The van der Waals surface area contributed by atoms with Crippen molar-refractivity contribution in [2.45, 2.75) is 217 Å². The van der Waals surface area contributed by atoms with Gasteiger partial charge in [-0.25, -0.2) is 8.42 Å². The predicted octanol–water partition coefficient (Wildman–Crippen LogP) is 13.7. The fourth-order valence-corrected chi connectivity index (χ4v) is 11.1. The molecule has 0 amide bonds. The Morgan fingerprint density at radius 2 is 1.07 bits per heavy atom. The van der Waals surface area contributed by atoms with Gasteiger partial charge in [-0.1, -0.05) is 89.2 Å². The van der Waals surface area contributed by atoms with Crippen molar-refractivity contribution in [3.05, 3.63) is 115 Å². The first-order chi connectivity index (χ1) is 39.2. The van der Waals surface area contributed by atoms with Gasteiger partial charge in [0.25, 0.3) is 0 Å². The van der Waals surface area contributed by atoms with E-state index in [9.17, 15) is 45.7 Å². The van der Waals surface area contributed by atoms with Gasteiger partial charge in [0.2, 0.25) is 0 Å². The fraction of sp³-hybridized carbons (Fsp3) is 0.554. The Morgan fingerprint density at radius 3 is 1.49 bits per heavy atom. The average molecular weight is 1210 g/mol. The maximum Gasteiger partial charge on any atom is 0.369 e. The topological polar surface area (TPSA) is 218 Å². The lowest BCUT2D eigenvalue weighted by Crippen LogP contribution is -2.44. The Morgan fingerprint density at radius 1 is 0.655 bits per heavy atom.